The summed E-state index contributed by atoms with van der Waals surface area (Å²) in [6, 6.07) is 4.81. The van der Waals surface area contributed by atoms with Crippen LogP contribution in [0.3, 0.4) is 0 Å². The summed E-state index contributed by atoms with van der Waals surface area (Å²) in [7, 11) is 1.33. The molecule has 0 aliphatic heterocycles. The highest BCUT2D eigenvalue weighted by molar-refractivity contribution is 9.10. The molecule has 94 valence electrons. The number of aromatic nitrogens is 1. The molecule has 1 aromatic carbocycles. The minimum absolute atomic E-state index is 0.131. The van der Waals surface area contributed by atoms with E-state index in [-0.39, 0.29) is 18.2 Å². The van der Waals surface area contributed by atoms with E-state index in [4.69, 9.17) is 0 Å². The summed E-state index contributed by atoms with van der Waals surface area (Å²) in [6.07, 6.45) is 0.131. The quantitative estimate of drug-likeness (QED) is 0.810. The Morgan fingerprint density at radius 1 is 1.56 bits per heavy atom. The molecule has 1 heterocycles. The molecule has 0 N–H and O–H groups in total. The Bertz CT molecular complexity index is 585. The van der Waals surface area contributed by atoms with Crippen LogP contribution in [0.25, 0.3) is 10.6 Å². The van der Waals surface area contributed by atoms with Crippen LogP contribution in [0.2, 0.25) is 0 Å². The number of esters is 1. The molecule has 0 saturated heterocycles. The van der Waals surface area contributed by atoms with Gasteiger partial charge in [0.25, 0.3) is 0 Å². The lowest BCUT2D eigenvalue weighted by Gasteiger charge is -1.98. The molecular formula is C12H9BrFNO2S. The van der Waals surface area contributed by atoms with Crippen LogP contribution < -0.4 is 0 Å². The average Bonchev–Trinajstić information content (AvgIpc) is 2.81. The van der Waals surface area contributed by atoms with Crippen molar-refractivity contribution in [3.05, 3.63) is 39.6 Å². The van der Waals surface area contributed by atoms with Crippen LogP contribution in [0, 0.1) is 5.82 Å². The van der Waals surface area contributed by atoms with Gasteiger partial charge in [-0.1, -0.05) is 6.07 Å². The van der Waals surface area contributed by atoms with E-state index >= 15 is 0 Å². The fourth-order valence-electron chi connectivity index (χ4n) is 1.37. The summed E-state index contributed by atoms with van der Waals surface area (Å²) in [4.78, 5) is 15.4. The number of nitrogens with zero attached hydrogens (tertiary/aromatic N) is 1. The number of ether oxygens (including phenoxy) is 1. The Hall–Kier alpha value is -1.27. The van der Waals surface area contributed by atoms with Crippen molar-refractivity contribution in [1.29, 1.82) is 0 Å². The van der Waals surface area contributed by atoms with Gasteiger partial charge in [0.1, 0.15) is 10.8 Å². The van der Waals surface area contributed by atoms with Crippen LogP contribution >= 0.6 is 27.3 Å². The highest BCUT2D eigenvalue weighted by Gasteiger charge is 2.10. The Morgan fingerprint density at radius 2 is 2.33 bits per heavy atom. The number of hydrogen-bond acceptors (Lipinski definition) is 4. The van der Waals surface area contributed by atoms with Crippen molar-refractivity contribution >= 4 is 33.2 Å². The molecule has 0 bridgehead atoms. The van der Waals surface area contributed by atoms with Crippen molar-refractivity contribution in [2.45, 2.75) is 6.42 Å². The molecule has 0 amide bonds. The summed E-state index contributed by atoms with van der Waals surface area (Å²) in [5.74, 6) is -0.675. The second-order valence-corrected chi connectivity index (χ2v) is 5.24. The van der Waals surface area contributed by atoms with E-state index in [1.165, 1.54) is 24.5 Å². The molecule has 0 unspecified atom stereocenters. The van der Waals surface area contributed by atoms with Crippen molar-refractivity contribution in [3.8, 4) is 10.6 Å². The summed E-state index contributed by atoms with van der Waals surface area (Å²) in [5, 5.41) is 2.45. The molecule has 0 saturated carbocycles. The van der Waals surface area contributed by atoms with Gasteiger partial charge < -0.3 is 4.74 Å². The van der Waals surface area contributed by atoms with E-state index in [2.05, 4.69) is 25.7 Å². The van der Waals surface area contributed by atoms with E-state index < -0.39 is 0 Å². The Morgan fingerprint density at radius 3 is 3.00 bits per heavy atom. The third-order valence-corrected chi connectivity index (χ3v) is 3.85. The molecule has 0 atom stereocenters. The summed E-state index contributed by atoms with van der Waals surface area (Å²) >= 11 is 4.46. The standard InChI is InChI=1S/C12H9BrFNO2S/c1-17-11(16)5-8-6-18-12(15-8)7-2-3-9(13)10(14)4-7/h2-4,6H,5H2,1H3. The third-order valence-electron chi connectivity index (χ3n) is 2.27. The van der Waals surface area contributed by atoms with Crippen molar-refractivity contribution in [3.63, 3.8) is 0 Å². The second-order valence-electron chi connectivity index (χ2n) is 3.53. The van der Waals surface area contributed by atoms with Gasteiger partial charge in [0.15, 0.2) is 0 Å². The zero-order valence-electron chi connectivity index (χ0n) is 9.44. The maximum Gasteiger partial charge on any atom is 0.311 e. The lowest BCUT2D eigenvalue weighted by atomic mass is 10.2. The lowest BCUT2D eigenvalue weighted by molar-refractivity contribution is -0.139. The molecule has 0 fully saturated rings. The van der Waals surface area contributed by atoms with Crippen LogP contribution in [0.4, 0.5) is 4.39 Å². The largest absolute Gasteiger partial charge is 0.469 e. The Kier molecular flexibility index (Phi) is 4.08. The average molecular weight is 330 g/mol. The van der Waals surface area contributed by atoms with Crippen molar-refractivity contribution in [2.24, 2.45) is 0 Å². The lowest BCUT2D eigenvalue weighted by Crippen LogP contribution is -2.04. The molecule has 0 aliphatic carbocycles. The minimum Gasteiger partial charge on any atom is -0.469 e. The summed E-state index contributed by atoms with van der Waals surface area (Å²) in [5.41, 5.74) is 1.32. The zero-order chi connectivity index (χ0) is 13.1. The Balaban J connectivity index is 2.23. The predicted molar refractivity (Wildman–Crippen MR) is 70.9 cm³/mol. The minimum atomic E-state index is -0.339. The SMILES string of the molecule is COC(=O)Cc1csc(-c2ccc(Br)c(F)c2)n1. The van der Waals surface area contributed by atoms with Gasteiger partial charge >= 0.3 is 5.97 Å². The smallest absolute Gasteiger partial charge is 0.311 e. The fraction of sp³-hybridized carbons (Fsp3) is 0.167. The first-order chi connectivity index (χ1) is 8.60. The zero-order valence-corrected chi connectivity index (χ0v) is 11.8. The molecule has 2 aromatic rings. The van der Waals surface area contributed by atoms with Gasteiger partial charge in [-0.2, -0.15) is 0 Å². The van der Waals surface area contributed by atoms with Crippen LogP contribution in [0.1, 0.15) is 5.69 Å². The third kappa shape index (κ3) is 2.94. The number of carbonyl (C=O) groups is 1. The molecule has 3 nitrogen and oxygen atoms in total. The van der Waals surface area contributed by atoms with Crippen LogP contribution in [-0.4, -0.2) is 18.1 Å². The number of rotatable bonds is 3. The molecule has 6 heteroatoms. The van der Waals surface area contributed by atoms with E-state index in [0.29, 0.717) is 20.7 Å². The Labute approximate surface area is 116 Å². The molecular weight excluding hydrogens is 321 g/mol. The monoisotopic (exact) mass is 329 g/mol. The van der Waals surface area contributed by atoms with Gasteiger partial charge in [0, 0.05) is 10.9 Å². The highest BCUT2D eigenvalue weighted by atomic mass is 79.9. The van der Waals surface area contributed by atoms with Crippen LogP contribution in [0.5, 0.6) is 0 Å². The summed E-state index contributed by atoms with van der Waals surface area (Å²) < 4.78 is 18.4. The van der Waals surface area contributed by atoms with Gasteiger partial charge in [0.2, 0.25) is 0 Å². The van der Waals surface area contributed by atoms with Crippen molar-refractivity contribution in [1.82, 2.24) is 4.98 Å². The van der Waals surface area contributed by atoms with E-state index in [9.17, 15) is 9.18 Å². The number of hydrogen-bond donors (Lipinski definition) is 0. The van der Waals surface area contributed by atoms with E-state index in [0.717, 1.165) is 0 Å². The number of benzene rings is 1. The molecule has 0 spiro atoms. The topological polar surface area (TPSA) is 39.2 Å². The van der Waals surface area contributed by atoms with Crippen LogP contribution in [0.15, 0.2) is 28.1 Å². The van der Waals surface area contributed by atoms with Crippen LogP contribution in [-0.2, 0) is 16.0 Å². The second kappa shape index (κ2) is 5.58. The van der Waals surface area contributed by atoms with Crippen molar-refractivity contribution in [2.75, 3.05) is 7.11 Å². The molecule has 18 heavy (non-hydrogen) atoms. The fourth-order valence-corrected chi connectivity index (χ4v) is 2.43. The molecule has 0 aliphatic rings. The maximum atomic E-state index is 13.4. The van der Waals surface area contributed by atoms with Gasteiger partial charge in [-0.05, 0) is 28.1 Å². The normalized spacial score (nSPS) is 10.4. The first kappa shape index (κ1) is 13.2. The van der Waals surface area contributed by atoms with Gasteiger partial charge in [-0.3, -0.25) is 4.79 Å². The van der Waals surface area contributed by atoms with E-state index in [1.54, 1.807) is 17.5 Å². The highest BCUT2D eigenvalue weighted by Crippen LogP contribution is 2.27. The first-order valence-corrected chi connectivity index (χ1v) is 6.74. The molecule has 0 radical (unpaired) electrons. The predicted octanol–water partition coefficient (Wildman–Crippen LogP) is 3.43. The number of halogens is 2. The number of methoxy groups -OCH3 is 1. The van der Waals surface area contributed by atoms with Gasteiger partial charge in [-0.25, -0.2) is 9.37 Å². The van der Waals surface area contributed by atoms with Crippen molar-refractivity contribution < 1.29 is 13.9 Å². The number of thiazole rings is 1. The summed E-state index contributed by atoms with van der Waals surface area (Å²) in [6.45, 7) is 0. The number of carbonyl (C=O) groups excluding carboxylic acids is 1. The molecule has 1 aromatic heterocycles. The first-order valence-electron chi connectivity index (χ1n) is 5.07. The maximum absolute atomic E-state index is 13.4. The van der Waals surface area contributed by atoms with Gasteiger partial charge in [0.05, 0.1) is 23.7 Å². The van der Waals surface area contributed by atoms with E-state index in [1.807, 2.05) is 0 Å². The molecule has 2 rings (SSSR count). The van der Waals surface area contributed by atoms with Gasteiger partial charge in [-0.15, -0.1) is 11.3 Å².